The third-order valence-corrected chi connectivity index (χ3v) is 2.35. The van der Waals surface area contributed by atoms with Gasteiger partial charge in [-0.1, -0.05) is 0 Å². The van der Waals surface area contributed by atoms with Crippen molar-refractivity contribution >= 4 is 17.4 Å². The van der Waals surface area contributed by atoms with Crippen LogP contribution in [0, 0.1) is 0 Å². The maximum Gasteiger partial charge on any atom is 0.271 e. The third-order valence-electron chi connectivity index (χ3n) is 2.35. The fourth-order valence-electron chi connectivity index (χ4n) is 1.48. The van der Waals surface area contributed by atoms with Crippen molar-refractivity contribution in [3.05, 3.63) is 30.5 Å². The summed E-state index contributed by atoms with van der Waals surface area (Å²) in [6, 6.07) is 0. The number of aromatic nitrogens is 4. The van der Waals surface area contributed by atoms with Gasteiger partial charge in [0.25, 0.3) is 5.91 Å². The van der Waals surface area contributed by atoms with Crippen molar-refractivity contribution in [1.82, 2.24) is 19.7 Å². The highest BCUT2D eigenvalue weighted by Crippen LogP contribution is 2.15. The van der Waals surface area contributed by atoms with E-state index in [1.807, 2.05) is 0 Å². The predicted molar refractivity (Wildman–Crippen MR) is 67.9 cm³/mol. The molecule has 0 atom stereocenters. The highest BCUT2D eigenvalue weighted by atomic mass is 16.5. The molecule has 0 saturated heterocycles. The van der Waals surface area contributed by atoms with Crippen LogP contribution in [0.2, 0.25) is 0 Å². The van der Waals surface area contributed by atoms with Gasteiger partial charge in [-0.25, -0.2) is 9.97 Å². The van der Waals surface area contributed by atoms with Gasteiger partial charge in [0.05, 0.1) is 25.0 Å². The Bertz CT molecular complexity index is 568. The van der Waals surface area contributed by atoms with E-state index in [4.69, 9.17) is 10.5 Å². The van der Waals surface area contributed by atoms with Gasteiger partial charge in [-0.3, -0.25) is 9.48 Å². The number of primary amides is 1. The molecule has 2 rings (SSSR count). The molecule has 8 nitrogen and oxygen atoms in total. The van der Waals surface area contributed by atoms with E-state index >= 15 is 0 Å². The van der Waals surface area contributed by atoms with Gasteiger partial charge in [-0.05, 0) is 0 Å². The van der Waals surface area contributed by atoms with Gasteiger partial charge in [-0.2, -0.15) is 5.10 Å². The number of carbonyl (C=O) groups excluding carboxylic acids is 1. The van der Waals surface area contributed by atoms with Crippen molar-refractivity contribution < 1.29 is 9.53 Å². The van der Waals surface area contributed by atoms with E-state index in [2.05, 4.69) is 20.4 Å². The molecule has 100 valence electrons. The number of methoxy groups -OCH3 is 1. The Morgan fingerprint density at radius 1 is 1.47 bits per heavy atom. The summed E-state index contributed by atoms with van der Waals surface area (Å²) in [7, 11) is 1.63. The van der Waals surface area contributed by atoms with Crippen molar-refractivity contribution in [1.29, 1.82) is 0 Å². The van der Waals surface area contributed by atoms with Crippen molar-refractivity contribution in [2.75, 3.05) is 19.0 Å². The van der Waals surface area contributed by atoms with Crippen LogP contribution in [-0.4, -0.2) is 39.4 Å². The number of nitrogens with zero attached hydrogens (tertiary/aromatic N) is 4. The number of nitrogens with two attached hydrogens (primary N) is 1. The second-order valence-electron chi connectivity index (χ2n) is 3.73. The van der Waals surface area contributed by atoms with Gasteiger partial charge in [0.2, 0.25) is 0 Å². The Hall–Kier alpha value is -2.48. The summed E-state index contributed by atoms with van der Waals surface area (Å²) in [5.74, 6) is -0.330. The SMILES string of the molecule is COCCn1cc(Nc2nccnc2C(N)=O)cn1. The van der Waals surface area contributed by atoms with E-state index < -0.39 is 5.91 Å². The average Bonchev–Trinajstić information content (AvgIpc) is 2.84. The molecule has 2 heterocycles. The Labute approximate surface area is 109 Å². The highest BCUT2D eigenvalue weighted by Gasteiger charge is 2.11. The summed E-state index contributed by atoms with van der Waals surface area (Å²) in [6.07, 6.45) is 6.28. The van der Waals surface area contributed by atoms with Gasteiger partial charge >= 0.3 is 0 Å². The summed E-state index contributed by atoms with van der Waals surface area (Å²) in [4.78, 5) is 19.1. The second kappa shape index (κ2) is 5.91. The lowest BCUT2D eigenvalue weighted by Gasteiger charge is -2.05. The number of hydrogen-bond donors (Lipinski definition) is 2. The minimum Gasteiger partial charge on any atom is -0.383 e. The van der Waals surface area contributed by atoms with Crippen molar-refractivity contribution in [2.45, 2.75) is 6.54 Å². The number of carbonyl (C=O) groups is 1. The predicted octanol–water partition coefficient (Wildman–Crippen LogP) is 0.162. The van der Waals surface area contributed by atoms with Crippen LogP contribution in [0.25, 0.3) is 0 Å². The Balaban J connectivity index is 2.13. The van der Waals surface area contributed by atoms with E-state index in [9.17, 15) is 4.79 Å². The van der Waals surface area contributed by atoms with Crippen LogP contribution >= 0.6 is 0 Å². The number of hydrogen-bond acceptors (Lipinski definition) is 6. The Morgan fingerprint density at radius 3 is 3.00 bits per heavy atom. The van der Waals surface area contributed by atoms with Crippen LogP contribution in [0.4, 0.5) is 11.5 Å². The second-order valence-corrected chi connectivity index (χ2v) is 3.73. The molecule has 2 aromatic heterocycles. The van der Waals surface area contributed by atoms with Crippen LogP contribution in [0.5, 0.6) is 0 Å². The molecule has 19 heavy (non-hydrogen) atoms. The molecule has 2 aromatic rings. The molecule has 0 aliphatic heterocycles. The Kier molecular flexibility index (Phi) is 4.04. The van der Waals surface area contributed by atoms with E-state index in [0.29, 0.717) is 24.7 Å². The van der Waals surface area contributed by atoms with Gasteiger partial charge < -0.3 is 15.8 Å². The lowest BCUT2D eigenvalue weighted by Crippen LogP contribution is -2.16. The molecule has 0 unspecified atom stereocenters. The smallest absolute Gasteiger partial charge is 0.271 e. The molecule has 0 aliphatic carbocycles. The van der Waals surface area contributed by atoms with Gasteiger partial charge in [0.1, 0.15) is 0 Å². The number of amides is 1. The molecule has 0 aliphatic rings. The monoisotopic (exact) mass is 262 g/mol. The molecular formula is C11H14N6O2. The van der Waals surface area contributed by atoms with Crippen LogP contribution in [0.3, 0.4) is 0 Å². The first kappa shape index (κ1) is 13.0. The first-order valence-electron chi connectivity index (χ1n) is 5.60. The zero-order chi connectivity index (χ0) is 13.7. The van der Waals surface area contributed by atoms with Crippen LogP contribution < -0.4 is 11.1 Å². The highest BCUT2D eigenvalue weighted by molar-refractivity contribution is 5.96. The number of nitrogens with one attached hydrogen (secondary N) is 1. The van der Waals surface area contributed by atoms with Crippen molar-refractivity contribution in [2.24, 2.45) is 5.73 Å². The van der Waals surface area contributed by atoms with Crippen molar-refractivity contribution in [3.63, 3.8) is 0 Å². The number of ether oxygens (including phenoxy) is 1. The number of anilines is 2. The summed E-state index contributed by atoms with van der Waals surface area (Å²) in [6.45, 7) is 1.21. The van der Waals surface area contributed by atoms with E-state index in [1.165, 1.54) is 12.4 Å². The summed E-state index contributed by atoms with van der Waals surface area (Å²) < 4.78 is 6.67. The lowest BCUT2D eigenvalue weighted by atomic mass is 10.3. The third kappa shape index (κ3) is 3.26. The van der Waals surface area contributed by atoms with E-state index in [0.717, 1.165) is 0 Å². The molecular weight excluding hydrogens is 248 g/mol. The maximum absolute atomic E-state index is 11.2. The normalized spacial score (nSPS) is 10.4. The van der Waals surface area contributed by atoms with Gasteiger partial charge in [0.15, 0.2) is 11.5 Å². The molecule has 0 fully saturated rings. The van der Waals surface area contributed by atoms with Crippen molar-refractivity contribution in [3.8, 4) is 0 Å². The summed E-state index contributed by atoms with van der Waals surface area (Å²) in [5.41, 5.74) is 6.00. The molecule has 8 heteroatoms. The Morgan fingerprint density at radius 2 is 2.26 bits per heavy atom. The topological polar surface area (TPSA) is 108 Å². The first-order chi connectivity index (χ1) is 9.20. The maximum atomic E-state index is 11.2. The minimum absolute atomic E-state index is 0.0899. The quantitative estimate of drug-likeness (QED) is 0.767. The lowest BCUT2D eigenvalue weighted by molar-refractivity contribution is 0.0996. The molecule has 0 saturated carbocycles. The molecule has 0 radical (unpaired) electrons. The van der Waals surface area contributed by atoms with Crippen LogP contribution in [0.15, 0.2) is 24.8 Å². The largest absolute Gasteiger partial charge is 0.383 e. The zero-order valence-electron chi connectivity index (χ0n) is 10.4. The first-order valence-corrected chi connectivity index (χ1v) is 5.60. The molecule has 1 amide bonds. The minimum atomic E-state index is -0.637. The van der Waals surface area contributed by atoms with Crippen LogP contribution in [-0.2, 0) is 11.3 Å². The van der Waals surface area contributed by atoms with Gasteiger partial charge in [-0.15, -0.1) is 0 Å². The fourth-order valence-corrected chi connectivity index (χ4v) is 1.48. The van der Waals surface area contributed by atoms with E-state index in [-0.39, 0.29) is 5.69 Å². The average molecular weight is 262 g/mol. The summed E-state index contributed by atoms with van der Waals surface area (Å²) >= 11 is 0. The molecule has 0 bridgehead atoms. The van der Waals surface area contributed by atoms with Crippen LogP contribution in [0.1, 0.15) is 10.5 Å². The molecule has 0 spiro atoms. The number of rotatable bonds is 6. The molecule has 3 N–H and O–H groups in total. The van der Waals surface area contributed by atoms with Gasteiger partial charge in [0, 0.05) is 25.7 Å². The summed E-state index contributed by atoms with van der Waals surface area (Å²) in [5, 5.41) is 7.09. The van der Waals surface area contributed by atoms with E-state index in [1.54, 1.807) is 24.2 Å². The molecule has 0 aromatic carbocycles. The standard InChI is InChI=1S/C11H14N6O2/c1-19-5-4-17-7-8(6-15-17)16-11-9(10(12)18)13-2-3-14-11/h2-3,6-7H,4-5H2,1H3,(H2,12,18)(H,14,16). The fraction of sp³-hybridized carbons (Fsp3) is 0.273. The zero-order valence-corrected chi connectivity index (χ0v) is 10.4.